The van der Waals surface area contributed by atoms with Crippen molar-refractivity contribution in [3.05, 3.63) is 76.2 Å². The van der Waals surface area contributed by atoms with Crippen molar-refractivity contribution in [2.45, 2.75) is 40.8 Å². The van der Waals surface area contributed by atoms with Crippen LogP contribution in [-0.4, -0.2) is 58.8 Å². The van der Waals surface area contributed by atoms with Crippen molar-refractivity contribution in [3.63, 3.8) is 0 Å². The molecule has 1 aromatic heterocycles. The van der Waals surface area contributed by atoms with Crippen LogP contribution in [-0.2, 0) is 13.1 Å². The van der Waals surface area contributed by atoms with Gasteiger partial charge in [-0.15, -0.1) is 0 Å². The third kappa shape index (κ3) is 6.43. The molecular formula is C28H37ClFN5. The first-order valence-corrected chi connectivity index (χ1v) is 13.0. The van der Waals surface area contributed by atoms with E-state index in [0.717, 1.165) is 74.6 Å². The Morgan fingerprint density at radius 3 is 2.23 bits per heavy atom. The van der Waals surface area contributed by atoms with Crippen LogP contribution in [0.25, 0.3) is 5.69 Å². The zero-order valence-electron chi connectivity index (χ0n) is 21.3. The summed E-state index contributed by atoms with van der Waals surface area (Å²) in [6, 6.07) is 14.8. The largest absolute Gasteiger partial charge is 0.354 e. The first kappa shape index (κ1) is 25.7. The molecule has 0 saturated carbocycles. The molecule has 1 saturated heterocycles. The number of hydrogen-bond acceptors (Lipinski definition) is 4. The highest BCUT2D eigenvalue weighted by molar-refractivity contribution is 6.30. The van der Waals surface area contributed by atoms with E-state index >= 15 is 0 Å². The van der Waals surface area contributed by atoms with Crippen LogP contribution in [0.4, 0.5) is 10.2 Å². The molecular weight excluding hydrogens is 461 g/mol. The second-order valence-electron chi connectivity index (χ2n) is 9.89. The molecule has 35 heavy (non-hydrogen) atoms. The molecule has 1 fully saturated rings. The fourth-order valence-corrected chi connectivity index (χ4v) is 4.99. The summed E-state index contributed by atoms with van der Waals surface area (Å²) in [5, 5.41) is 5.73. The van der Waals surface area contributed by atoms with Crippen LogP contribution in [0, 0.1) is 18.7 Å². The van der Waals surface area contributed by atoms with Crippen molar-refractivity contribution in [1.82, 2.24) is 19.6 Å². The van der Waals surface area contributed by atoms with Gasteiger partial charge in [0.15, 0.2) is 0 Å². The lowest BCUT2D eigenvalue weighted by Gasteiger charge is -2.36. The third-order valence-corrected chi connectivity index (χ3v) is 6.92. The summed E-state index contributed by atoms with van der Waals surface area (Å²) >= 11 is 6.12. The highest BCUT2D eigenvalue weighted by atomic mass is 35.5. The lowest BCUT2D eigenvalue weighted by atomic mass is 10.1. The zero-order valence-corrected chi connectivity index (χ0v) is 22.1. The lowest BCUT2D eigenvalue weighted by molar-refractivity contribution is 0.227. The van der Waals surface area contributed by atoms with Crippen LogP contribution >= 0.6 is 11.6 Å². The molecule has 0 spiro atoms. The molecule has 188 valence electrons. The van der Waals surface area contributed by atoms with Crippen molar-refractivity contribution in [3.8, 4) is 5.69 Å². The second-order valence-corrected chi connectivity index (χ2v) is 10.3. The summed E-state index contributed by atoms with van der Waals surface area (Å²) in [6.45, 7) is 16.5. The van der Waals surface area contributed by atoms with Gasteiger partial charge < -0.3 is 9.80 Å². The van der Waals surface area contributed by atoms with E-state index in [-0.39, 0.29) is 5.82 Å². The Bertz CT molecular complexity index is 1090. The van der Waals surface area contributed by atoms with E-state index in [1.807, 2.05) is 28.9 Å². The van der Waals surface area contributed by atoms with Crippen LogP contribution in [0.3, 0.4) is 0 Å². The van der Waals surface area contributed by atoms with E-state index in [4.69, 9.17) is 16.7 Å². The monoisotopic (exact) mass is 497 g/mol. The van der Waals surface area contributed by atoms with E-state index < -0.39 is 0 Å². The van der Waals surface area contributed by atoms with E-state index in [1.165, 1.54) is 23.3 Å². The minimum atomic E-state index is -0.234. The number of hydrogen-bond donors (Lipinski definition) is 0. The lowest BCUT2D eigenvalue weighted by Crippen LogP contribution is -2.47. The van der Waals surface area contributed by atoms with Crippen LogP contribution < -0.4 is 4.90 Å². The topological polar surface area (TPSA) is 27.5 Å². The number of nitrogens with zero attached hydrogens (tertiary/aromatic N) is 5. The number of aromatic nitrogens is 2. The maximum absolute atomic E-state index is 13.7. The van der Waals surface area contributed by atoms with Gasteiger partial charge in [-0.3, -0.25) is 4.90 Å². The maximum atomic E-state index is 13.7. The number of piperazine rings is 1. The highest BCUT2D eigenvalue weighted by Crippen LogP contribution is 2.30. The molecule has 2 aromatic carbocycles. The first-order chi connectivity index (χ1) is 16.8. The minimum Gasteiger partial charge on any atom is -0.354 e. The number of likely N-dealkylation sites (N-methyl/N-ethyl adjacent to an activating group) is 1. The van der Waals surface area contributed by atoms with Gasteiger partial charge in [0, 0.05) is 56.4 Å². The molecule has 0 atom stereocenters. The van der Waals surface area contributed by atoms with Gasteiger partial charge in [-0.25, -0.2) is 9.07 Å². The van der Waals surface area contributed by atoms with Gasteiger partial charge in [-0.05, 0) is 61.3 Å². The van der Waals surface area contributed by atoms with Crippen molar-refractivity contribution in [2.24, 2.45) is 5.92 Å². The average Bonchev–Trinajstić information content (AvgIpc) is 3.16. The predicted octanol–water partition coefficient (Wildman–Crippen LogP) is 5.77. The van der Waals surface area contributed by atoms with Crippen molar-refractivity contribution in [1.29, 1.82) is 0 Å². The Kier molecular flexibility index (Phi) is 8.47. The Labute approximate surface area is 214 Å². The molecule has 3 aromatic rings. The number of benzene rings is 2. The smallest absolute Gasteiger partial charge is 0.137 e. The molecule has 4 rings (SSSR count). The number of halogens is 2. The van der Waals surface area contributed by atoms with Crippen molar-refractivity contribution >= 4 is 17.4 Å². The SMILES string of the molecule is CCN1CCN(c2c(CN(Cc3ccc(Cl)cc3)CC(C)C)c(C)nn2-c2ccc(F)cc2)CC1. The summed E-state index contributed by atoms with van der Waals surface area (Å²) in [4.78, 5) is 7.44. The number of anilines is 1. The molecule has 1 aliphatic rings. The van der Waals surface area contributed by atoms with Crippen LogP contribution in [0.5, 0.6) is 0 Å². The average molecular weight is 498 g/mol. The Hall–Kier alpha value is -2.41. The summed E-state index contributed by atoms with van der Waals surface area (Å²) in [5.41, 5.74) is 4.40. The molecule has 5 nitrogen and oxygen atoms in total. The number of rotatable bonds is 9. The predicted molar refractivity (Wildman–Crippen MR) is 143 cm³/mol. The van der Waals surface area contributed by atoms with Crippen molar-refractivity contribution < 1.29 is 4.39 Å². The second kappa shape index (κ2) is 11.5. The Balaban J connectivity index is 1.69. The van der Waals surface area contributed by atoms with Crippen LogP contribution in [0.1, 0.15) is 37.6 Å². The van der Waals surface area contributed by atoms with E-state index in [9.17, 15) is 4.39 Å². The van der Waals surface area contributed by atoms with Crippen molar-refractivity contribution in [2.75, 3.05) is 44.2 Å². The maximum Gasteiger partial charge on any atom is 0.137 e. The van der Waals surface area contributed by atoms with Crippen LogP contribution in [0.15, 0.2) is 48.5 Å². The molecule has 0 radical (unpaired) electrons. The summed E-state index contributed by atoms with van der Waals surface area (Å²) in [7, 11) is 0. The van der Waals surface area contributed by atoms with Gasteiger partial charge in [0.05, 0.1) is 11.4 Å². The number of aryl methyl sites for hydroxylation is 1. The normalized spacial score (nSPS) is 14.9. The van der Waals surface area contributed by atoms with Gasteiger partial charge in [0.1, 0.15) is 11.6 Å². The van der Waals surface area contributed by atoms with Gasteiger partial charge in [-0.2, -0.15) is 5.10 Å². The van der Waals surface area contributed by atoms with Gasteiger partial charge in [0.2, 0.25) is 0 Å². The standard InChI is InChI=1S/C28H37ClFN5/c1-5-32-14-16-34(17-15-32)28-27(22(4)31-35(28)26-12-10-25(30)11-13-26)20-33(18-21(2)3)19-23-6-8-24(29)9-7-23/h6-13,21H,5,14-20H2,1-4H3. The molecule has 1 aliphatic heterocycles. The van der Waals surface area contributed by atoms with Gasteiger partial charge >= 0.3 is 0 Å². The Morgan fingerprint density at radius 1 is 0.971 bits per heavy atom. The Morgan fingerprint density at radius 2 is 1.63 bits per heavy atom. The van der Waals surface area contributed by atoms with E-state index in [1.54, 1.807) is 0 Å². The molecule has 0 amide bonds. The fourth-order valence-electron chi connectivity index (χ4n) is 4.87. The molecule has 2 heterocycles. The van der Waals surface area contributed by atoms with Crippen LogP contribution in [0.2, 0.25) is 5.02 Å². The summed E-state index contributed by atoms with van der Waals surface area (Å²) in [5.74, 6) is 1.43. The molecule has 0 aliphatic carbocycles. The molecule has 0 unspecified atom stereocenters. The first-order valence-electron chi connectivity index (χ1n) is 12.6. The summed E-state index contributed by atoms with van der Waals surface area (Å²) < 4.78 is 15.7. The molecule has 7 heteroatoms. The van der Waals surface area contributed by atoms with E-state index in [0.29, 0.717) is 5.92 Å². The molecule has 0 N–H and O–H groups in total. The van der Waals surface area contributed by atoms with E-state index in [2.05, 4.69) is 54.5 Å². The zero-order chi connectivity index (χ0) is 24.9. The fraction of sp³-hybridized carbons (Fsp3) is 0.464. The highest BCUT2D eigenvalue weighted by Gasteiger charge is 2.26. The van der Waals surface area contributed by atoms with Gasteiger partial charge in [0.25, 0.3) is 0 Å². The minimum absolute atomic E-state index is 0.234. The van der Waals surface area contributed by atoms with Gasteiger partial charge in [-0.1, -0.05) is 44.5 Å². The molecule has 0 bridgehead atoms. The summed E-state index contributed by atoms with van der Waals surface area (Å²) in [6.07, 6.45) is 0. The quantitative estimate of drug-likeness (QED) is 0.375. The third-order valence-electron chi connectivity index (χ3n) is 6.67.